The molecule has 3 nitrogen and oxygen atoms in total. The Labute approximate surface area is 92.7 Å². The molecule has 0 aromatic heterocycles. The average molecular weight is 239 g/mol. The monoisotopic (exact) mass is 239 g/mol. The first-order valence-corrected chi connectivity index (χ1v) is 4.89. The van der Waals surface area contributed by atoms with Crippen molar-refractivity contribution in [1.29, 1.82) is 0 Å². The fourth-order valence-electron chi connectivity index (χ4n) is 0.985. The van der Waals surface area contributed by atoms with Gasteiger partial charge in [-0.3, -0.25) is 0 Å². The van der Waals surface area contributed by atoms with E-state index < -0.39 is 18.6 Å². The Morgan fingerprint density at radius 3 is 2.56 bits per heavy atom. The number of carbonyl (C=O) groups is 1. The Balaban J connectivity index is 3.57. The Morgan fingerprint density at radius 1 is 1.44 bits per heavy atom. The van der Waals surface area contributed by atoms with Gasteiger partial charge < -0.3 is 10.1 Å². The van der Waals surface area contributed by atoms with Gasteiger partial charge >= 0.3 is 12.1 Å². The van der Waals surface area contributed by atoms with Crippen LogP contribution >= 0.6 is 0 Å². The van der Waals surface area contributed by atoms with Crippen LogP contribution < -0.4 is 5.32 Å². The first-order chi connectivity index (χ1) is 7.37. The maximum atomic E-state index is 11.7. The predicted molar refractivity (Wildman–Crippen MR) is 53.9 cm³/mol. The van der Waals surface area contributed by atoms with Crippen molar-refractivity contribution >= 4 is 5.97 Å². The molecule has 0 heterocycles. The van der Waals surface area contributed by atoms with Crippen molar-refractivity contribution in [2.45, 2.75) is 25.9 Å². The van der Waals surface area contributed by atoms with Crippen LogP contribution in [0.4, 0.5) is 13.2 Å². The minimum absolute atomic E-state index is 0.0363. The lowest BCUT2D eigenvalue weighted by Crippen LogP contribution is -2.18. The highest BCUT2D eigenvalue weighted by atomic mass is 19.4. The minimum Gasteiger partial charge on any atom is -0.466 e. The number of halogens is 3. The van der Waals surface area contributed by atoms with Gasteiger partial charge in [0.25, 0.3) is 0 Å². The van der Waals surface area contributed by atoms with Crippen molar-refractivity contribution in [1.82, 2.24) is 5.32 Å². The molecule has 0 saturated heterocycles. The molecule has 0 aliphatic carbocycles. The van der Waals surface area contributed by atoms with E-state index in [9.17, 15) is 18.0 Å². The van der Waals surface area contributed by atoms with Gasteiger partial charge in [0.1, 0.15) is 0 Å². The second kappa shape index (κ2) is 7.27. The average Bonchev–Trinajstić information content (AvgIpc) is 2.20. The number of carbonyl (C=O) groups excluding carboxylic acids is 1. The zero-order valence-electron chi connectivity index (χ0n) is 9.36. The van der Waals surface area contributed by atoms with E-state index in [0.29, 0.717) is 12.1 Å². The topological polar surface area (TPSA) is 38.3 Å². The molecular weight excluding hydrogens is 223 g/mol. The molecule has 0 aromatic carbocycles. The maximum absolute atomic E-state index is 11.7. The third-order valence-corrected chi connectivity index (χ3v) is 1.87. The molecule has 0 aliphatic rings. The number of hydrogen-bond donors (Lipinski definition) is 1. The second-order valence-corrected chi connectivity index (χ2v) is 3.30. The fourth-order valence-corrected chi connectivity index (χ4v) is 0.985. The highest BCUT2D eigenvalue weighted by molar-refractivity contribution is 5.87. The third kappa shape index (κ3) is 8.28. The van der Waals surface area contributed by atoms with Crippen molar-refractivity contribution < 1.29 is 22.7 Å². The first kappa shape index (κ1) is 15.0. The molecule has 0 aromatic rings. The highest BCUT2D eigenvalue weighted by Crippen LogP contribution is 2.20. The standard InChI is InChI=1S/C10H16F3NO2/c1-8(9(15)16-2)4-7-14-6-3-5-10(11,12)13/h4,14H,3,5-7H2,1-2H3. The van der Waals surface area contributed by atoms with E-state index in [4.69, 9.17) is 0 Å². The van der Waals surface area contributed by atoms with Crippen molar-refractivity contribution in [3.63, 3.8) is 0 Å². The van der Waals surface area contributed by atoms with Gasteiger partial charge in [-0.1, -0.05) is 6.08 Å². The summed E-state index contributed by atoms with van der Waals surface area (Å²) < 4.78 is 39.7. The van der Waals surface area contributed by atoms with Crippen molar-refractivity contribution in [3.05, 3.63) is 11.6 Å². The summed E-state index contributed by atoms with van der Waals surface area (Å²) in [5.41, 5.74) is 0.436. The highest BCUT2D eigenvalue weighted by Gasteiger charge is 2.25. The van der Waals surface area contributed by atoms with E-state index in [1.807, 2.05) is 0 Å². The molecule has 0 bridgehead atoms. The number of hydrogen-bond acceptors (Lipinski definition) is 3. The summed E-state index contributed by atoms with van der Waals surface area (Å²) in [5, 5.41) is 2.78. The van der Waals surface area contributed by atoms with Crippen LogP contribution in [-0.4, -0.2) is 32.3 Å². The van der Waals surface area contributed by atoms with Crippen LogP contribution in [0.25, 0.3) is 0 Å². The van der Waals surface area contributed by atoms with Crippen LogP contribution in [0, 0.1) is 0 Å². The van der Waals surface area contributed by atoms with Crippen molar-refractivity contribution in [2.24, 2.45) is 0 Å². The summed E-state index contributed by atoms with van der Waals surface area (Å²) in [6.45, 7) is 2.21. The lowest BCUT2D eigenvalue weighted by atomic mass is 10.2. The summed E-state index contributed by atoms with van der Waals surface area (Å²) in [5.74, 6) is -0.433. The van der Waals surface area contributed by atoms with E-state index in [-0.39, 0.29) is 13.0 Å². The normalized spacial score (nSPS) is 12.7. The van der Waals surface area contributed by atoms with Crippen LogP contribution in [0.2, 0.25) is 0 Å². The maximum Gasteiger partial charge on any atom is 0.389 e. The summed E-state index contributed by atoms with van der Waals surface area (Å²) in [4.78, 5) is 10.9. The molecule has 0 fully saturated rings. The molecule has 0 unspecified atom stereocenters. The Bertz CT molecular complexity index is 249. The van der Waals surface area contributed by atoms with Gasteiger partial charge in [-0.15, -0.1) is 0 Å². The van der Waals surface area contributed by atoms with Crippen LogP contribution in [-0.2, 0) is 9.53 Å². The Morgan fingerprint density at radius 2 is 2.06 bits per heavy atom. The molecule has 1 N–H and O–H groups in total. The molecule has 0 rings (SSSR count). The van der Waals surface area contributed by atoms with Crippen LogP contribution in [0.3, 0.4) is 0 Å². The van der Waals surface area contributed by atoms with Gasteiger partial charge in [0.15, 0.2) is 0 Å². The van der Waals surface area contributed by atoms with Gasteiger partial charge in [0.05, 0.1) is 7.11 Å². The largest absolute Gasteiger partial charge is 0.466 e. The van der Waals surface area contributed by atoms with Crippen LogP contribution in [0.1, 0.15) is 19.8 Å². The number of rotatable bonds is 6. The lowest BCUT2D eigenvalue weighted by Gasteiger charge is -2.06. The third-order valence-electron chi connectivity index (χ3n) is 1.87. The second-order valence-electron chi connectivity index (χ2n) is 3.30. The molecule has 0 saturated carbocycles. The molecule has 0 amide bonds. The van der Waals surface area contributed by atoms with Gasteiger partial charge in [-0.2, -0.15) is 13.2 Å². The van der Waals surface area contributed by atoms with Crippen LogP contribution in [0.15, 0.2) is 11.6 Å². The smallest absolute Gasteiger partial charge is 0.389 e. The van der Waals surface area contributed by atoms with Crippen molar-refractivity contribution in [2.75, 3.05) is 20.2 Å². The molecule has 0 radical (unpaired) electrons. The number of methoxy groups -OCH3 is 1. The molecule has 0 spiro atoms. The van der Waals surface area contributed by atoms with E-state index >= 15 is 0 Å². The number of alkyl halides is 3. The summed E-state index contributed by atoms with van der Waals surface area (Å²) in [7, 11) is 1.27. The minimum atomic E-state index is -4.10. The number of esters is 1. The van der Waals surface area contributed by atoms with E-state index in [1.54, 1.807) is 13.0 Å². The van der Waals surface area contributed by atoms with E-state index in [1.165, 1.54) is 7.11 Å². The zero-order chi connectivity index (χ0) is 12.6. The quantitative estimate of drug-likeness (QED) is 0.438. The fraction of sp³-hybridized carbons (Fsp3) is 0.700. The Hall–Kier alpha value is -1.04. The lowest BCUT2D eigenvalue weighted by molar-refractivity contribution is -0.136. The first-order valence-electron chi connectivity index (χ1n) is 4.89. The molecular formula is C10H16F3NO2. The van der Waals surface area contributed by atoms with E-state index in [2.05, 4.69) is 10.1 Å². The summed E-state index contributed by atoms with van der Waals surface area (Å²) in [6.07, 6.45) is -3.27. The predicted octanol–water partition coefficient (Wildman–Crippen LogP) is 2.04. The van der Waals surface area contributed by atoms with Crippen LogP contribution in [0.5, 0.6) is 0 Å². The van der Waals surface area contributed by atoms with Gasteiger partial charge in [-0.05, 0) is 19.9 Å². The number of nitrogens with one attached hydrogen (secondary N) is 1. The Kier molecular flexibility index (Phi) is 6.80. The van der Waals surface area contributed by atoms with E-state index in [0.717, 1.165) is 0 Å². The van der Waals surface area contributed by atoms with Gasteiger partial charge in [-0.25, -0.2) is 4.79 Å². The number of ether oxygens (including phenoxy) is 1. The van der Waals surface area contributed by atoms with Gasteiger partial charge in [0.2, 0.25) is 0 Å². The molecule has 6 heteroatoms. The SMILES string of the molecule is COC(=O)C(C)=CCNCCCC(F)(F)F. The molecule has 0 atom stereocenters. The summed E-state index contributed by atoms with van der Waals surface area (Å²) in [6, 6.07) is 0. The molecule has 0 aliphatic heterocycles. The zero-order valence-corrected chi connectivity index (χ0v) is 9.36. The molecule has 94 valence electrons. The molecule has 16 heavy (non-hydrogen) atoms. The van der Waals surface area contributed by atoms with Crippen molar-refractivity contribution in [3.8, 4) is 0 Å². The van der Waals surface area contributed by atoms with Gasteiger partial charge in [0, 0.05) is 18.5 Å². The summed E-state index contributed by atoms with van der Waals surface area (Å²) >= 11 is 0.